The summed E-state index contributed by atoms with van der Waals surface area (Å²) in [4.78, 5) is 27.5. The number of rotatable bonds is 4. The lowest BCUT2D eigenvalue weighted by Gasteiger charge is -2.35. The molecule has 0 aromatic heterocycles. The van der Waals surface area contributed by atoms with Crippen molar-refractivity contribution in [2.75, 3.05) is 24.7 Å². The van der Waals surface area contributed by atoms with Gasteiger partial charge in [-0.25, -0.2) is 8.42 Å². The molecular formula is C21H24N2O5S. The molecule has 29 heavy (non-hydrogen) atoms. The minimum atomic E-state index is -3.43. The van der Waals surface area contributed by atoms with Gasteiger partial charge in [0, 0.05) is 24.9 Å². The van der Waals surface area contributed by atoms with E-state index in [1.54, 1.807) is 29.2 Å². The number of nitrogens with one attached hydrogen (secondary N) is 1. The van der Waals surface area contributed by atoms with Crippen molar-refractivity contribution in [3.05, 3.63) is 59.7 Å². The summed E-state index contributed by atoms with van der Waals surface area (Å²) in [6.07, 6.45) is 0.953. The third-order valence-electron chi connectivity index (χ3n) is 4.64. The molecule has 0 bridgehead atoms. The van der Waals surface area contributed by atoms with Crippen LogP contribution in [0.3, 0.4) is 0 Å². The Labute approximate surface area is 170 Å². The van der Waals surface area contributed by atoms with Crippen molar-refractivity contribution < 1.29 is 22.7 Å². The van der Waals surface area contributed by atoms with Crippen LogP contribution in [0.1, 0.15) is 34.6 Å². The largest absolute Gasteiger partial charge is 0.372 e. The van der Waals surface area contributed by atoms with E-state index in [9.17, 15) is 18.0 Å². The fraction of sp³-hybridized carbons (Fsp3) is 0.333. The Hall–Kier alpha value is -2.71. The van der Waals surface area contributed by atoms with Gasteiger partial charge in [0.25, 0.3) is 11.8 Å². The number of benzene rings is 2. The topological polar surface area (TPSA) is 92.8 Å². The Morgan fingerprint density at radius 1 is 1.03 bits per heavy atom. The number of hydrogen-bond donors (Lipinski definition) is 1. The molecule has 3 rings (SSSR count). The van der Waals surface area contributed by atoms with Gasteiger partial charge in [-0.15, -0.1) is 0 Å². The number of anilines is 1. The van der Waals surface area contributed by atoms with Crippen molar-refractivity contribution in [1.29, 1.82) is 0 Å². The van der Waals surface area contributed by atoms with Crippen LogP contribution in [-0.4, -0.2) is 56.7 Å². The molecule has 0 saturated carbocycles. The molecule has 2 atom stereocenters. The summed E-state index contributed by atoms with van der Waals surface area (Å²) in [6, 6.07) is 12.6. The van der Waals surface area contributed by atoms with E-state index >= 15 is 0 Å². The second-order valence-electron chi connectivity index (χ2n) is 7.27. The van der Waals surface area contributed by atoms with E-state index in [1.165, 1.54) is 24.3 Å². The average Bonchev–Trinajstić information content (AvgIpc) is 2.66. The summed E-state index contributed by atoms with van der Waals surface area (Å²) in [6.45, 7) is 4.78. The third-order valence-corrected chi connectivity index (χ3v) is 5.75. The van der Waals surface area contributed by atoms with Gasteiger partial charge in [-0.1, -0.05) is 18.2 Å². The highest BCUT2D eigenvalue weighted by atomic mass is 32.2. The average molecular weight is 416 g/mol. The maximum atomic E-state index is 13.1. The van der Waals surface area contributed by atoms with Gasteiger partial charge in [-0.2, -0.15) is 0 Å². The lowest BCUT2D eigenvalue weighted by atomic mass is 10.1. The number of nitrogens with zero attached hydrogens (tertiary/aromatic N) is 1. The molecule has 1 aliphatic heterocycles. The molecule has 0 spiro atoms. The summed E-state index contributed by atoms with van der Waals surface area (Å²) in [5.41, 5.74) is 0.948. The van der Waals surface area contributed by atoms with Crippen molar-refractivity contribution in [1.82, 2.24) is 4.90 Å². The highest BCUT2D eigenvalue weighted by Gasteiger charge is 2.28. The van der Waals surface area contributed by atoms with Gasteiger partial charge in [0.15, 0.2) is 9.84 Å². The second kappa shape index (κ2) is 8.34. The molecule has 0 aliphatic carbocycles. The third kappa shape index (κ3) is 5.02. The SMILES string of the molecule is C[C@H]1CN(C(=O)c2ccccc2NC(=O)c2cccc(S(C)(=O)=O)c2)C[C@H](C)O1. The maximum absolute atomic E-state index is 13.1. The first-order chi connectivity index (χ1) is 13.6. The number of morpholine rings is 1. The number of para-hydroxylation sites is 1. The van der Waals surface area contributed by atoms with Crippen LogP contribution < -0.4 is 5.32 Å². The van der Waals surface area contributed by atoms with Crippen molar-refractivity contribution in [3.63, 3.8) is 0 Å². The Morgan fingerprint density at radius 2 is 1.69 bits per heavy atom. The summed E-state index contributed by atoms with van der Waals surface area (Å²) in [7, 11) is -3.43. The second-order valence-corrected chi connectivity index (χ2v) is 9.28. The van der Waals surface area contributed by atoms with Crippen molar-refractivity contribution >= 4 is 27.3 Å². The van der Waals surface area contributed by atoms with Crippen LogP contribution in [0.15, 0.2) is 53.4 Å². The predicted molar refractivity (Wildman–Crippen MR) is 110 cm³/mol. The molecule has 7 nitrogen and oxygen atoms in total. The van der Waals surface area contributed by atoms with Gasteiger partial charge < -0.3 is 15.0 Å². The minimum absolute atomic E-state index is 0.0609. The van der Waals surface area contributed by atoms with Gasteiger partial charge >= 0.3 is 0 Å². The smallest absolute Gasteiger partial charge is 0.256 e. The van der Waals surface area contributed by atoms with Gasteiger partial charge in [-0.3, -0.25) is 9.59 Å². The molecule has 2 aromatic rings. The van der Waals surface area contributed by atoms with Crippen LogP contribution in [0.4, 0.5) is 5.69 Å². The number of amides is 2. The van der Waals surface area contributed by atoms with E-state index in [0.29, 0.717) is 24.3 Å². The molecule has 0 unspecified atom stereocenters. The molecule has 8 heteroatoms. The molecule has 1 N–H and O–H groups in total. The predicted octanol–water partition coefficient (Wildman–Crippen LogP) is 2.59. The molecule has 0 radical (unpaired) electrons. The Balaban J connectivity index is 1.84. The zero-order chi connectivity index (χ0) is 21.2. The van der Waals surface area contributed by atoms with Gasteiger partial charge in [0.05, 0.1) is 28.4 Å². The zero-order valence-corrected chi connectivity index (χ0v) is 17.4. The highest BCUT2D eigenvalue weighted by molar-refractivity contribution is 7.90. The van der Waals surface area contributed by atoms with Crippen LogP contribution in [0, 0.1) is 0 Å². The van der Waals surface area contributed by atoms with Gasteiger partial charge in [0.2, 0.25) is 0 Å². The van der Waals surface area contributed by atoms with Crippen LogP contribution in [0.25, 0.3) is 0 Å². The highest BCUT2D eigenvalue weighted by Crippen LogP contribution is 2.21. The standard InChI is InChI=1S/C21H24N2O5S/c1-14-12-23(13-15(2)28-14)21(25)18-9-4-5-10-19(18)22-20(24)16-7-6-8-17(11-16)29(3,26)27/h4-11,14-15H,12-13H2,1-3H3,(H,22,24)/t14-,15-/m0/s1. The quantitative estimate of drug-likeness (QED) is 0.827. The number of carbonyl (C=O) groups excluding carboxylic acids is 2. The number of sulfone groups is 1. The van der Waals surface area contributed by atoms with Gasteiger partial charge in [0.1, 0.15) is 0 Å². The summed E-state index contributed by atoms with van der Waals surface area (Å²) in [5, 5.41) is 2.74. The van der Waals surface area contributed by atoms with Crippen molar-refractivity contribution in [2.45, 2.75) is 31.0 Å². The van der Waals surface area contributed by atoms with E-state index in [0.717, 1.165) is 6.26 Å². The fourth-order valence-electron chi connectivity index (χ4n) is 3.36. The summed E-state index contributed by atoms with van der Waals surface area (Å²) >= 11 is 0. The fourth-order valence-corrected chi connectivity index (χ4v) is 4.02. The number of ether oxygens (including phenoxy) is 1. The molecule has 1 heterocycles. The van der Waals surface area contributed by atoms with Crippen LogP contribution >= 0.6 is 0 Å². The molecule has 1 saturated heterocycles. The van der Waals surface area contributed by atoms with Crippen LogP contribution in [0.2, 0.25) is 0 Å². The Morgan fingerprint density at radius 3 is 2.34 bits per heavy atom. The summed E-state index contributed by atoms with van der Waals surface area (Å²) < 4.78 is 29.2. The van der Waals surface area contributed by atoms with Crippen LogP contribution in [0.5, 0.6) is 0 Å². The number of carbonyl (C=O) groups is 2. The maximum Gasteiger partial charge on any atom is 0.256 e. The first-order valence-corrected chi connectivity index (χ1v) is 11.2. The zero-order valence-electron chi connectivity index (χ0n) is 16.6. The first-order valence-electron chi connectivity index (χ1n) is 9.30. The van der Waals surface area contributed by atoms with E-state index in [-0.39, 0.29) is 28.6 Å². The Bertz CT molecular complexity index is 1020. The molecule has 1 aliphatic rings. The van der Waals surface area contributed by atoms with Crippen molar-refractivity contribution in [2.24, 2.45) is 0 Å². The lowest BCUT2D eigenvalue weighted by Crippen LogP contribution is -2.48. The van der Waals surface area contributed by atoms with Crippen molar-refractivity contribution in [3.8, 4) is 0 Å². The molecular weight excluding hydrogens is 392 g/mol. The normalized spacial score (nSPS) is 19.6. The van der Waals surface area contributed by atoms with E-state index in [2.05, 4.69) is 5.32 Å². The van der Waals surface area contributed by atoms with E-state index in [1.807, 2.05) is 13.8 Å². The summed E-state index contributed by atoms with van der Waals surface area (Å²) in [5.74, 6) is -0.674. The first kappa shape index (κ1) is 21.0. The van der Waals surface area contributed by atoms with Crippen LogP contribution in [-0.2, 0) is 14.6 Å². The minimum Gasteiger partial charge on any atom is -0.372 e. The van der Waals surface area contributed by atoms with E-state index < -0.39 is 15.7 Å². The monoisotopic (exact) mass is 416 g/mol. The molecule has 1 fully saturated rings. The van der Waals surface area contributed by atoms with Gasteiger partial charge in [-0.05, 0) is 44.2 Å². The molecule has 154 valence electrons. The Kier molecular flexibility index (Phi) is 6.04. The molecule has 2 aromatic carbocycles. The lowest BCUT2D eigenvalue weighted by molar-refractivity contribution is -0.0585. The van der Waals surface area contributed by atoms with E-state index in [4.69, 9.17) is 4.74 Å². The number of hydrogen-bond acceptors (Lipinski definition) is 5. The molecule has 2 amide bonds.